The second kappa shape index (κ2) is 7.04. The normalized spacial score (nSPS) is 23.0. The SMILES string of the molecule is COC(=O)c1ccc(C2Nc3c(c4ccccc4oc3=O)[C@H]3OCCC[C@@H]23)cc1. The predicted octanol–water partition coefficient (Wildman–Crippen LogP) is 4.21. The Morgan fingerprint density at radius 2 is 1.93 bits per heavy atom. The molecule has 3 atom stereocenters. The van der Waals surface area contributed by atoms with Crippen molar-refractivity contribution in [2.75, 3.05) is 19.0 Å². The maximum Gasteiger partial charge on any atom is 0.360 e. The number of benzene rings is 2. The average molecular weight is 391 g/mol. The Morgan fingerprint density at radius 1 is 1.14 bits per heavy atom. The lowest BCUT2D eigenvalue weighted by Crippen LogP contribution is -2.38. The van der Waals surface area contributed by atoms with Gasteiger partial charge in [0.1, 0.15) is 11.3 Å². The predicted molar refractivity (Wildman–Crippen MR) is 108 cm³/mol. The van der Waals surface area contributed by atoms with E-state index >= 15 is 0 Å². The first-order valence-corrected chi connectivity index (χ1v) is 9.79. The van der Waals surface area contributed by atoms with Crippen molar-refractivity contribution in [3.05, 3.63) is 75.6 Å². The van der Waals surface area contributed by atoms with Crippen molar-refractivity contribution < 1.29 is 18.7 Å². The summed E-state index contributed by atoms with van der Waals surface area (Å²) in [7, 11) is 1.36. The molecule has 5 rings (SSSR count). The molecule has 0 aliphatic carbocycles. The van der Waals surface area contributed by atoms with Crippen molar-refractivity contribution in [3.8, 4) is 0 Å². The largest absolute Gasteiger partial charge is 0.465 e. The Labute approximate surface area is 167 Å². The molecule has 0 spiro atoms. The van der Waals surface area contributed by atoms with E-state index in [9.17, 15) is 9.59 Å². The number of rotatable bonds is 2. The minimum Gasteiger partial charge on any atom is -0.465 e. The quantitative estimate of drug-likeness (QED) is 0.521. The van der Waals surface area contributed by atoms with Crippen LogP contribution in [-0.2, 0) is 9.47 Å². The Balaban J connectivity index is 1.63. The summed E-state index contributed by atoms with van der Waals surface area (Å²) < 4.78 is 16.5. The topological polar surface area (TPSA) is 77.8 Å². The monoisotopic (exact) mass is 391 g/mol. The third-order valence-electron chi connectivity index (χ3n) is 5.92. The van der Waals surface area contributed by atoms with Gasteiger partial charge in [-0.3, -0.25) is 0 Å². The standard InChI is InChI=1S/C23H21NO5/c1-27-22(25)14-10-8-13(9-11-14)19-16-6-4-12-28-21(16)18-15-5-2-3-7-17(15)29-23(26)20(18)24-19/h2-3,5,7-11,16,19,21,24H,4,6,12H2,1H3/t16-,19?,21-/m0/s1. The lowest BCUT2D eigenvalue weighted by Gasteiger charge is -2.43. The van der Waals surface area contributed by atoms with E-state index < -0.39 is 0 Å². The number of fused-ring (bicyclic) bond motifs is 5. The molecule has 0 radical (unpaired) electrons. The summed E-state index contributed by atoms with van der Waals surface area (Å²) in [5.41, 5.74) is 3.04. The van der Waals surface area contributed by atoms with Crippen LogP contribution in [-0.4, -0.2) is 19.7 Å². The first-order chi connectivity index (χ1) is 14.2. The number of para-hydroxylation sites is 1. The van der Waals surface area contributed by atoms with Gasteiger partial charge in [0.2, 0.25) is 0 Å². The molecule has 2 aromatic carbocycles. The third-order valence-corrected chi connectivity index (χ3v) is 5.92. The van der Waals surface area contributed by atoms with Gasteiger partial charge in [0, 0.05) is 23.5 Å². The van der Waals surface area contributed by atoms with Gasteiger partial charge in [0.25, 0.3) is 0 Å². The molecule has 3 heterocycles. The van der Waals surface area contributed by atoms with Crippen molar-refractivity contribution in [1.82, 2.24) is 0 Å². The summed E-state index contributed by atoms with van der Waals surface area (Å²) in [6.07, 6.45) is 1.77. The summed E-state index contributed by atoms with van der Waals surface area (Å²) in [4.78, 5) is 24.5. The van der Waals surface area contributed by atoms with E-state index in [-0.39, 0.29) is 29.7 Å². The second-order valence-electron chi connectivity index (χ2n) is 7.51. The molecule has 1 fully saturated rings. The van der Waals surface area contributed by atoms with Crippen LogP contribution in [0, 0.1) is 5.92 Å². The summed E-state index contributed by atoms with van der Waals surface area (Å²) in [5, 5.41) is 4.34. The molecule has 2 aliphatic heterocycles. The van der Waals surface area contributed by atoms with Gasteiger partial charge in [-0.1, -0.05) is 30.3 Å². The first kappa shape index (κ1) is 17.9. The number of hydrogen-bond acceptors (Lipinski definition) is 6. The highest BCUT2D eigenvalue weighted by molar-refractivity contribution is 5.89. The zero-order chi connectivity index (χ0) is 20.0. The van der Waals surface area contributed by atoms with E-state index in [1.807, 2.05) is 36.4 Å². The second-order valence-corrected chi connectivity index (χ2v) is 7.51. The van der Waals surface area contributed by atoms with Gasteiger partial charge in [-0.25, -0.2) is 9.59 Å². The van der Waals surface area contributed by atoms with Gasteiger partial charge in [-0.05, 0) is 36.6 Å². The zero-order valence-corrected chi connectivity index (χ0v) is 16.0. The Kier molecular flexibility index (Phi) is 4.36. The van der Waals surface area contributed by atoms with Crippen LogP contribution in [0.4, 0.5) is 5.69 Å². The highest BCUT2D eigenvalue weighted by Gasteiger charge is 2.42. The minimum atomic E-state index is -0.387. The minimum absolute atomic E-state index is 0.108. The van der Waals surface area contributed by atoms with Crippen molar-refractivity contribution in [2.45, 2.75) is 25.0 Å². The third kappa shape index (κ3) is 2.91. The number of methoxy groups -OCH3 is 1. The van der Waals surface area contributed by atoms with Crippen LogP contribution in [0.15, 0.2) is 57.7 Å². The van der Waals surface area contributed by atoms with Gasteiger partial charge in [-0.2, -0.15) is 0 Å². The van der Waals surface area contributed by atoms with E-state index in [0.717, 1.165) is 29.4 Å². The molecular weight excluding hydrogens is 370 g/mol. The lowest BCUT2D eigenvalue weighted by atomic mass is 9.77. The molecule has 6 heteroatoms. The number of ether oxygens (including phenoxy) is 2. The fraction of sp³-hybridized carbons (Fsp3) is 0.304. The number of carbonyl (C=O) groups is 1. The molecule has 29 heavy (non-hydrogen) atoms. The lowest BCUT2D eigenvalue weighted by molar-refractivity contribution is -0.0375. The van der Waals surface area contributed by atoms with Gasteiger partial charge < -0.3 is 19.2 Å². The van der Waals surface area contributed by atoms with Gasteiger partial charge in [0.15, 0.2) is 0 Å². The van der Waals surface area contributed by atoms with E-state index in [2.05, 4.69) is 5.32 Å². The van der Waals surface area contributed by atoms with Gasteiger partial charge in [-0.15, -0.1) is 0 Å². The molecule has 148 valence electrons. The zero-order valence-electron chi connectivity index (χ0n) is 16.0. The first-order valence-electron chi connectivity index (χ1n) is 9.79. The average Bonchev–Trinajstić information content (AvgIpc) is 2.78. The maximum atomic E-state index is 12.8. The van der Waals surface area contributed by atoms with Crippen molar-refractivity contribution >= 4 is 22.6 Å². The van der Waals surface area contributed by atoms with Crippen molar-refractivity contribution in [2.24, 2.45) is 5.92 Å². The fourth-order valence-corrected chi connectivity index (χ4v) is 4.59. The van der Waals surface area contributed by atoms with E-state index in [4.69, 9.17) is 13.9 Å². The molecule has 1 saturated heterocycles. The maximum absolute atomic E-state index is 12.8. The fourth-order valence-electron chi connectivity index (χ4n) is 4.59. The Morgan fingerprint density at radius 3 is 2.72 bits per heavy atom. The van der Waals surface area contributed by atoms with E-state index in [0.29, 0.717) is 23.4 Å². The van der Waals surface area contributed by atoms with Crippen LogP contribution in [0.5, 0.6) is 0 Å². The highest BCUT2D eigenvalue weighted by Crippen LogP contribution is 2.50. The van der Waals surface area contributed by atoms with Crippen molar-refractivity contribution in [1.29, 1.82) is 0 Å². The molecule has 1 aromatic heterocycles. The molecule has 6 nitrogen and oxygen atoms in total. The molecular formula is C23H21NO5. The summed E-state index contributed by atoms with van der Waals surface area (Å²) in [5.74, 6) is -0.199. The molecule has 1 unspecified atom stereocenters. The smallest absolute Gasteiger partial charge is 0.360 e. The molecule has 1 N–H and O–H groups in total. The molecule has 0 bridgehead atoms. The number of carbonyl (C=O) groups excluding carboxylic acids is 1. The summed E-state index contributed by atoms with van der Waals surface area (Å²) in [6.45, 7) is 0.670. The number of hydrogen-bond donors (Lipinski definition) is 1. The Hall–Kier alpha value is -3.12. The van der Waals surface area contributed by atoms with Gasteiger partial charge in [0.05, 0.1) is 24.8 Å². The van der Waals surface area contributed by atoms with E-state index in [1.165, 1.54) is 7.11 Å². The molecule has 0 saturated carbocycles. The van der Waals surface area contributed by atoms with Crippen LogP contribution < -0.4 is 10.9 Å². The van der Waals surface area contributed by atoms with Crippen LogP contribution in [0.2, 0.25) is 0 Å². The summed E-state index contributed by atoms with van der Waals surface area (Å²) in [6, 6.07) is 14.8. The number of nitrogens with one attached hydrogen (secondary N) is 1. The number of anilines is 1. The number of esters is 1. The molecule has 3 aromatic rings. The van der Waals surface area contributed by atoms with Crippen molar-refractivity contribution in [3.63, 3.8) is 0 Å². The Bertz CT molecular complexity index is 1130. The van der Waals surface area contributed by atoms with Crippen LogP contribution in [0.3, 0.4) is 0 Å². The van der Waals surface area contributed by atoms with Crippen LogP contribution in [0.25, 0.3) is 11.0 Å². The van der Waals surface area contributed by atoms with E-state index in [1.54, 1.807) is 12.1 Å². The van der Waals surface area contributed by atoms with Crippen LogP contribution >= 0.6 is 0 Å². The highest BCUT2D eigenvalue weighted by atomic mass is 16.5. The summed E-state index contributed by atoms with van der Waals surface area (Å²) >= 11 is 0. The van der Waals surface area contributed by atoms with Gasteiger partial charge >= 0.3 is 11.6 Å². The molecule has 0 amide bonds. The van der Waals surface area contributed by atoms with Crippen LogP contribution in [0.1, 0.15) is 46.5 Å². The molecule has 2 aliphatic rings.